The quantitative estimate of drug-likeness (QED) is 0.737. The van der Waals surface area contributed by atoms with E-state index in [1.54, 1.807) is 0 Å². The Morgan fingerprint density at radius 2 is 1.69 bits per heavy atom. The van der Waals surface area contributed by atoms with Gasteiger partial charge in [-0.25, -0.2) is 0 Å². The van der Waals surface area contributed by atoms with Crippen LogP contribution in [0.2, 0.25) is 0 Å². The van der Waals surface area contributed by atoms with Crippen molar-refractivity contribution >= 4 is 5.78 Å². The maximum atomic E-state index is 11.8. The summed E-state index contributed by atoms with van der Waals surface area (Å²) in [5.41, 5.74) is 2.69. The predicted octanol–water partition coefficient (Wildman–Crippen LogP) is 3.65. The molecule has 0 heterocycles. The lowest BCUT2D eigenvalue weighted by Gasteiger charge is -2.15. The zero-order valence-corrected chi connectivity index (χ0v) is 10.8. The summed E-state index contributed by atoms with van der Waals surface area (Å²) in [5, 5.41) is 0. The summed E-state index contributed by atoms with van der Waals surface area (Å²) in [6.45, 7) is 8.15. The van der Waals surface area contributed by atoms with Gasteiger partial charge in [-0.2, -0.15) is 0 Å². The van der Waals surface area contributed by atoms with Gasteiger partial charge in [0.2, 0.25) is 0 Å². The zero-order valence-electron chi connectivity index (χ0n) is 10.8. The Hall–Kier alpha value is -1.11. The Kier molecular flexibility index (Phi) is 4.72. The SMILES string of the molecule is CCc1ccccc1C[C@H](C)C(=O)C(C)C. The first-order chi connectivity index (χ1) is 7.56. The fraction of sp³-hybridized carbons (Fsp3) is 0.533. The topological polar surface area (TPSA) is 17.1 Å². The van der Waals surface area contributed by atoms with E-state index in [2.05, 4.69) is 31.2 Å². The fourth-order valence-corrected chi connectivity index (χ4v) is 2.10. The maximum Gasteiger partial charge on any atom is 0.138 e. The lowest BCUT2D eigenvalue weighted by Crippen LogP contribution is -2.19. The molecule has 1 aromatic carbocycles. The highest BCUT2D eigenvalue weighted by Gasteiger charge is 2.17. The van der Waals surface area contributed by atoms with E-state index in [4.69, 9.17) is 0 Å². The van der Waals surface area contributed by atoms with Crippen molar-refractivity contribution in [1.82, 2.24) is 0 Å². The van der Waals surface area contributed by atoms with Crippen LogP contribution in [0.15, 0.2) is 24.3 Å². The molecule has 0 N–H and O–H groups in total. The van der Waals surface area contributed by atoms with Gasteiger partial charge in [0.1, 0.15) is 5.78 Å². The third kappa shape index (κ3) is 3.19. The molecule has 0 unspecified atom stereocenters. The minimum Gasteiger partial charge on any atom is -0.299 e. The number of benzene rings is 1. The molecule has 0 aliphatic rings. The normalized spacial score (nSPS) is 12.8. The van der Waals surface area contributed by atoms with Crippen molar-refractivity contribution in [1.29, 1.82) is 0 Å². The average Bonchev–Trinajstić information content (AvgIpc) is 2.28. The molecule has 0 fully saturated rings. The van der Waals surface area contributed by atoms with Crippen molar-refractivity contribution in [3.63, 3.8) is 0 Å². The van der Waals surface area contributed by atoms with E-state index in [1.807, 2.05) is 20.8 Å². The number of carbonyl (C=O) groups excluding carboxylic acids is 1. The smallest absolute Gasteiger partial charge is 0.138 e. The average molecular weight is 218 g/mol. The maximum absolute atomic E-state index is 11.8. The molecule has 1 aromatic rings. The Morgan fingerprint density at radius 3 is 2.19 bits per heavy atom. The van der Waals surface area contributed by atoms with Crippen molar-refractivity contribution in [2.45, 2.75) is 40.5 Å². The Morgan fingerprint density at radius 1 is 1.12 bits per heavy atom. The van der Waals surface area contributed by atoms with Crippen LogP contribution in [0.4, 0.5) is 0 Å². The van der Waals surface area contributed by atoms with E-state index in [1.165, 1.54) is 11.1 Å². The van der Waals surface area contributed by atoms with E-state index in [-0.39, 0.29) is 11.8 Å². The standard InChI is InChI=1S/C15H22O/c1-5-13-8-6-7-9-14(13)10-12(4)15(16)11(2)3/h6-9,11-12H,5,10H2,1-4H3/t12-/m0/s1. The Labute approximate surface area is 98.9 Å². The summed E-state index contributed by atoms with van der Waals surface area (Å²) in [6.07, 6.45) is 1.92. The van der Waals surface area contributed by atoms with E-state index in [0.29, 0.717) is 5.78 Å². The highest BCUT2D eigenvalue weighted by Crippen LogP contribution is 2.17. The van der Waals surface area contributed by atoms with Crippen LogP contribution in [0, 0.1) is 11.8 Å². The fourth-order valence-electron chi connectivity index (χ4n) is 2.10. The molecule has 0 spiro atoms. The Bertz CT molecular complexity index is 352. The molecule has 16 heavy (non-hydrogen) atoms. The van der Waals surface area contributed by atoms with Crippen molar-refractivity contribution < 1.29 is 4.79 Å². The second kappa shape index (κ2) is 5.83. The van der Waals surface area contributed by atoms with Gasteiger partial charge in [-0.05, 0) is 24.0 Å². The van der Waals surface area contributed by atoms with Crippen LogP contribution in [-0.2, 0) is 17.6 Å². The molecular formula is C15H22O. The number of aryl methyl sites for hydroxylation is 1. The van der Waals surface area contributed by atoms with E-state index >= 15 is 0 Å². The molecule has 1 atom stereocenters. The summed E-state index contributed by atoms with van der Waals surface area (Å²) in [7, 11) is 0. The molecule has 0 aliphatic heterocycles. The molecule has 88 valence electrons. The number of rotatable bonds is 5. The molecule has 0 aromatic heterocycles. The van der Waals surface area contributed by atoms with Gasteiger partial charge in [0.15, 0.2) is 0 Å². The third-order valence-corrected chi connectivity index (χ3v) is 3.08. The van der Waals surface area contributed by atoms with E-state index in [9.17, 15) is 4.79 Å². The number of carbonyl (C=O) groups is 1. The summed E-state index contributed by atoms with van der Waals surface area (Å²) in [6, 6.07) is 8.42. The van der Waals surface area contributed by atoms with Crippen LogP contribution >= 0.6 is 0 Å². The van der Waals surface area contributed by atoms with Crippen LogP contribution in [0.5, 0.6) is 0 Å². The number of ketones is 1. The minimum atomic E-state index is 0.132. The number of hydrogen-bond acceptors (Lipinski definition) is 1. The molecule has 0 radical (unpaired) electrons. The monoisotopic (exact) mass is 218 g/mol. The van der Waals surface area contributed by atoms with E-state index < -0.39 is 0 Å². The molecule has 0 bridgehead atoms. The summed E-state index contributed by atoms with van der Waals surface area (Å²) < 4.78 is 0. The van der Waals surface area contributed by atoms with Crippen molar-refractivity contribution in [2.24, 2.45) is 11.8 Å². The van der Waals surface area contributed by atoms with Crippen LogP contribution in [0.1, 0.15) is 38.8 Å². The molecule has 1 rings (SSSR count). The second-order valence-electron chi connectivity index (χ2n) is 4.78. The number of Topliss-reactive ketones (excluding diaryl/α,β-unsaturated/α-hetero) is 1. The summed E-state index contributed by atoms with van der Waals surface area (Å²) >= 11 is 0. The molecule has 0 amide bonds. The van der Waals surface area contributed by atoms with Gasteiger partial charge in [0.05, 0.1) is 0 Å². The second-order valence-corrected chi connectivity index (χ2v) is 4.78. The molecule has 0 aliphatic carbocycles. The highest BCUT2D eigenvalue weighted by molar-refractivity contribution is 5.82. The number of hydrogen-bond donors (Lipinski definition) is 0. The Balaban J connectivity index is 2.76. The first kappa shape index (κ1) is 13.0. The van der Waals surface area contributed by atoms with Crippen molar-refractivity contribution in [3.05, 3.63) is 35.4 Å². The molecule has 0 saturated heterocycles. The summed E-state index contributed by atoms with van der Waals surface area (Å²) in [5.74, 6) is 0.641. The van der Waals surface area contributed by atoms with Gasteiger partial charge < -0.3 is 0 Å². The van der Waals surface area contributed by atoms with Gasteiger partial charge in [-0.15, -0.1) is 0 Å². The molecule has 1 heteroatoms. The highest BCUT2D eigenvalue weighted by atomic mass is 16.1. The third-order valence-electron chi connectivity index (χ3n) is 3.08. The molecule has 0 saturated carbocycles. The van der Waals surface area contributed by atoms with Gasteiger partial charge in [0.25, 0.3) is 0 Å². The van der Waals surface area contributed by atoms with Gasteiger partial charge >= 0.3 is 0 Å². The zero-order chi connectivity index (χ0) is 12.1. The van der Waals surface area contributed by atoms with Crippen LogP contribution < -0.4 is 0 Å². The van der Waals surface area contributed by atoms with Gasteiger partial charge in [-0.1, -0.05) is 52.0 Å². The van der Waals surface area contributed by atoms with Crippen LogP contribution in [0.25, 0.3) is 0 Å². The first-order valence-electron chi connectivity index (χ1n) is 6.16. The van der Waals surface area contributed by atoms with Gasteiger partial charge in [-0.3, -0.25) is 4.79 Å². The minimum absolute atomic E-state index is 0.132. The van der Waals surface area contributed by atoms with Crippen LogP contribution in [-0.4, -0.2) is 5.78 Å². The molecular weight excluding hydrogens is 196 g/mol. The first-order valence-corrected chi connectivity index (χ1v) is 6.16. The van der Waals surface area contributed by atoms with Crippen molar-refractivity contribution in [3.8, 4) is 0 Å². The van der Waals surface area contributed by atoms with Crippen LogP contribution in [0.3, 0.4) is 0 Å². The largest absolute Gasteiger partial charge is 0.299 e. The predicted molar refractivity (Wildman–Crippen MR) is 68.5 cm³/mol. The van der Waals surface area contributed by atoms with Crippen molar-refractivity contribution in [2.75, 3.05) is 0 Å². The summed E-state index contributed by atoms with van der Waals surface area (Å²) in [4.78, 5) is 11.8. The lowest BCUT2D eigenvalue weighted by atomic mass is 9.89. The van der Waals surface area contributed by atoms with E-state index in [0.717, 1.165) is 12.8 Å². The lowest BCUT2D eigenvalue weighted by molar-refractivity contribution is -0.125. The molecule has 1 nitrogen and oxygen atoms in total. The van der Waals surface area contributed by atoms with Gasteiger partial charge in [0, 0.05) is 11.8 Å².